The van der Waals surface area contributed by atoms with Crippen molar-refractivity contribution in [1.82, 2.24) is 9.78 Å². The lowest BCUT2D eigenvalue weighted by molar-refractivity contribution is 0.0686. The zero-order valence-corrected chi connectivity index (χ0v) is 16.5. The van der Waals surface area contributed by atoms with E-state index in [1.54, 1.807) is 18.2 Å². The van der Waals surface area contributed by atoms with Crippen LogP contribution < -0.4 is 10.1 Å². The zero-order valence-electron chi connectivity index (χ0n) is 16.5. The average Bonchev–Trinajstić information content (AvgIpc) is 3.07. The molecule has 0 fully saturated rings. The number of aromatic nitrogens is 2. The highest BCUT2D eigenvalue weighted by molar-refractivity contribution is 6.07. The van der Waals surface area contributed by atoms with Crippen molar-refractivity contribution in [2.45, 2.75) is 26.4 Å². The molecule has 0 spiro atoms. The number of hydrogen-bond donors (Lipinski definition) is 2. The van der Waals surface area contributed by atoms with Gasteiger partial charge in [-0.25, -0.2) is 4.79 Å². The number of anilines is 1. The van der Waals surface area contributed by atoms with Crippen molar-refractivity contribution in [2.24, 2.45) is 7.05 Å². The predicted octanol–water partition coefficient (Wildman–Crippen LogP) is 4.07. The summed E-state index contributed by atoms with van der Waals surface area (Å²) in [5.74, 6) is -0.360. The molecule has 0 atom stereocenters. The molecule has 7 heteroatoms. The molecule has 2 N–H and O–H groups in total. The summed E-state index contributed by atoms with van der Waals surface area (Å²) in [6.45, 7) is 4.59. The molecule has 1 amide bonds. The first kappa shape index (κ1) is 20.1. The van der Waals surface area contributed by atoms with Crippen LogP contribution in [0.5, 0.6) is 5.75 Å². The highest BCUT2D eigenvalue weighted by Crippen LogP contribution is 2.20. The Bertz CT molecular complexity index is 1020. The topological polar surface area (TPSA) is 93.5 Å². The third-order valence-electron chi connectivity index (χ3n) is 4.53. The molecule has 3 rings (SSSR count). The number of rotatable bonds is 7. The molecule has 0 saturated carbocycles. The largest absolute Gasteiger partial charge is 0.489 e. The number of carbonyl (C=O) groups excluding carboxylic acids is 1. The van der Waals surface area contributed by atoms with Crippen molar-refractivity contribution in [3.63, 3.8) is 0 Å². The van der Waals surface area contributed by atoms with E-state index in [0.717, 1.165) is 11.3 Å². The van der Waals surface area contributed by atoms with Crippen molar-refractivity contribution in [3.05, 3.63) is 77.1 Å². The Hall–Kier alpha value is -3.61. The van der Waals surface area contributed by atoms with Crippen LogP contribution in [-0.2, 0) is 13.7 Å². The Morgan fingerprint density at radius 2 is 1.90 bits per heavy atom. The normalized spacial score (nSPS) is 10.8. The van der Waals surface area contributed by atoms with Gasteiger partial charge in [-0.05, 0) is 41.3 Å². The number of aryl methyl sites for hydroxylation is 1. The van der Waals surface area contributed by atoms with Gasteiger partial charge in [-0.1, -0.05) is 38.1 Å². The molecule has 3 aromatic rings. The molecule has 0 radical (unpaired) electrons. The van der Waals surface area contributed by atoms with Gasteiger partial charge in [-0.2, -0.15) is 5.10 Å². The summed E-state index contributed by atoms with van der Waals surface area (Å²) >= 11 is 0. The number of benzene rings is 2. The van der Waals surface area contributed by atoms with E-state index in [9.17, 15) is 14.7 Å². The quantitative estimate of drug-likeness (QED) is 0.631. The zero-order chi connectivity index (χ0) is 21.0. The second kappa shape index (κ2) is 8.60. The molecule has 2 aromatic carbocycles. The van der Waals surface area contributed by atoms with Crippen LogP contribution in [0.1, 0.15) is 51.7 Å². The Balaban J connectivity index is 1.67. The maximum atomic E-state index is 12.5. The van der Waals surface area contributed by atoms with Crippen molar-refractivity contribution in [3.8, 4) is 5.75 Å². The van der Waals surface area contributed by atoms with Gasteiger partial charge in [-0.3, -0.25) is 9.48 Å². The minimum Gasteiger partial charge on any atom is -0.489 e. The molecule has 150 valence electrons. The van der Waals surface area contributed by atoms with Gasteiger partial charge in [0, 0.05) is 12.6 Å². The maximum absolute atomic E-state index is 12.5. The summed E-state index contributed by atoms with van der Waals surface area (Å²) in [6.07, 6.45) is 1.31. The Morgan fingerprint density at radius 1 is 1.17 bits per heavy atom. The van der Waals surface area contributed by atoms with Crippen LogP contribution in [-0.4, -0.2) is 26.8 Å². The molecule has 0 aliphatic heterocycles. The van der Waals surface area contributed by atoms with Crippen LogP contribution in [0.2, 0.25) is 0 Å². The second-order valence-electron chi connectivity index (χ2n) is 7.00. The van der Waals surface area contributed by atoms with E-state index in [0.29, 0.717) is 18.1 Å². The summed E-state index contributed by atoms with van der Waals surface area (Å²) in [5.41, 5.74) is 2.54. The Labute approximate surface area is 168 Å². The number of carbonyl (C=O) groups is 2. The number of aromatic carboxylic acids is 1. The molecule has 0 aliphatic carbocycles. The van der Waals surface area contributed by atoms with E-state index in [-0.39, 0.29) is 11.4 Å². The van der Waals surface area contributed by atoms with Crippen LogP contribution >= 0.6 is 0 Å². The van der Waals surface area contributed by atoms with Gasteiger partial charge in [0.2, 0.25) is 0 Å². The SMILES string of the molecule is CC(C)c1ccc(OCc2cccc(C(=O)Nc3cnn(C)c3C(=O)O)c2)cc1. The molecular weight excluding hydrogens is 370 g/mol. The Kier molecular flexibility index (Phi) is 5.97. The van der Waals surface area contributed by atoms with Gasteiger partial charge in [0.15, 0.2) is 5.69 Å². The van der Waals surface area contributed by atoms with E-state index in [4.69, 9.17) is 4.74 Å². The lowest BCUT2D eigenvalue weighted by atomic mass is 10.0. The lowest BCUT2D eigenvalue weighted by Crippen LogP contribution is -2.15. The van der Waals surface area contributed by atoms with Crippen molar-refractivity contribution < 1.29 is 19.4 Å². The standard InChI is InChI=1S/C22H23N3O4/c1-14(2)16-7-9-18(10-8-16)29-13-15-5-4-6-17(11-15)21(26)24-19-12-23-25(3)20(19)22(27)28/h4-12,14H,13H2,1-3H3,(H,24,26)(H,27,28). The molecule has 29 heavy (non-hydrogen) atoms. The summed E-state index contributed by atoms with van der Waals surface area (Å²) in [6, 6.07) is 14.9. The van der Waals surface area contributed by atoms with E-state index >= 15 is 0 Å². The number of carboxylic acid groups (broad SMARTS) is 1. The predicted molar refractivity (Wildman–Crippen MR) is 109 cm³/mol. The average molecular weight is 393 g/mol. The number of carboxylic acids is 1. The van der Waals surface area contributed by atoms with Crippen LogP contribution in [0.4, 0.5) is 5.69 Å². The van der Waals surface area contributed by atoms with Crippen LogP contribution in [0.25, 0.3) is 0 Å². The van der Waals surface area contributed by atoms with Gasteiger partial charge in [-0.15, -0.1) is 0 Å². The molecule has 1 heterocycles. The number of hydrogen-bond acceptors (Lipinski definition) is 4. The minimum atomic E-state index is -1.16. The fourth-order valence-corrected chi connectivity index (χ4v) is 2.90. The molecule has 7 nitrogen and oxygen atoms in total. The first-order valence-electron chi connectivity index (χ1n) is 9.23. The van der Waals surface area contributed by atoms with Gasteiger partial charge in [0.05, 0.1) is 11.9 Å². The highest BCUT2D eigenvalue weighted by atomic mass is 16.5. The second-order valence-corrected chi connectivity index (χ2v) is 7.00. The van der Waals surface area contributed by atoms with Gasteiger partial charge in [0.25, 0.3) is 5.91 Å². The van der Waals surface area contributed by atoms with Crippen molar-refractivity contribution in [2.75, 3.05) is 5.32 Å². The number of ether oxygens (including phenoxy) is 1. The fourth-order valence-electron chi connectivity index (χ4n) is 2.90. The fraction of sp³-hybridized carbons (Fsp3) is 0.227. The van der Waals surface area contributed by atoms with Crippen molar-refractivity contribution in [1.29, 1.82) is 0 Å². The molecule has 1 aromatic heterocycles. The van der Waals surface area contributed by atoms with E-state index in [1.807, 2.05) is 30.3 Å². The van der Waals surface area contributed by atoms with E-state index < -0.39 is 11.9 Å². The van der Waals surface area contributed by atoms with Crippen LogP contribution in [0, 0.1) is 0 Å². The first-order chi connectivity index (χ1) is 13.8. The summed E-state index contributed by atoms with van der Waals surface area (Å²) in [4.78, 5) is 23.9. The van der Waals surface area contributed by atoms with Crippen LogP contribution in [0.15, 0.2) is 54.7 Å². The number of nitrogens with zero attached hydrogens (tertiary/aromatic N) is 2. The lowest BCUT2D eigenvalue weighted by Gasteiger charge is -2.10. The maximum Gasteiger partial charge on any atom is 0.356 e. The van der Waals surface area contributed by atoms with E-state index in [1.165, 1.54) is 23.5 Å². The van der Waals surface area contributed by atoms with E-state index in [2.05, 4.69) is 24.3 Å². The highest BCUT2D eigenvalue weighted by Gasteiger charge is 2.18. The molecule has 0 unspecified atom stereocenters. The minimum absolute atomic E-state index is 0.0808. The van der Waals surface area contributed by atoms with Crippen LogP contribution in [0.3, 0.4) is 0 Å². The summed E-state index contributed by atoms with van der Waals surface area (Å²) in [7, 11) is 1.50. The number of amides is 1. The third-order valence-corrected chi connectivity index (χ3v) is 4.53. The summed E-state index contributed by atoms with van der Waals surface area (Å²) in [5, 5.41) is 15.7. The molecule has 0 aliphatic rings. The van der Waals surface area contributed by atoms with Gasteiger partial charge >= 0.3 is 5.97 Å². The molecule has 0 bridgehead atoms. The van der Waals surface area contributed by atoms with Gasteiger partial charge < -0.3 is 15.2 Å². The van der Waals surface area contributed by atoms with Crippen molar-refractivity contribution >= 4 is 17.6 Å². The Morgan fingerprint density at radius 3 is 2.55 bits per heavy atom. The molecule has 0 saturated heterocycles. The smallest absolute Gasteiger partial charge is 0.356 e. The van der Waals surface area contributed by atoms with Gasteiger partial charge in [0.1, 0.15) is 12.4 Å². The first-order valence-corrected chi connectivity index (χ1v) is 9.23. The number of nitrogens with one attached hydrogen (secondary N) is 1. The monoisotopic (exact) mass is 393 g/mol. The molecular formula is C22H23N3O4. The summed E-state index contributed by atoms with van der Waals surface area (Å²) < 4.78 is 7.01. The third kappa shape index (κ3) is 4.82.